The second-order valence-electron chi connectivity index (χ2n) is 4.67. The third kappa shape index (κ3) is 2.77. The smallest absolute Gasteiger partial charge is 0.295 e. The van der Waals surface area contributed by atoms with E-state index >= 15 is 0 Å². The maximum absolute atomic E-state index is 11.2. The van der Waals surface area contributed by atoms with Crippen LogP contribution in [-0.2, 0) is 0 Å². The Morgan fingerprint density at radius 2 is 2.00 bits per heavy atom. The zero-order valence-corrected chi connectivity index (χ0v) is 11.8. The molecule has 0 aliphatic heterocycles. The average molecular weight is 271 g/mol. The lowest BCUT2D eigenvalue weighted by atomic mass is 10.0. The van der Waals surface area contributed by atoms with Crippen LogP contribution in [0.4, 0.5) is 11.5 Å². The van der Waals surface area contributed by atoms with Gasteiger partial charge in [0.2, 0.25) is 0 Å². The van der Waals surface area contributed by atoms with Crippen LogP contribution in [0.1, 0.15) is 18.1 Å². The largest absolute Gasteiger partial charge is 0.370 e. The van der Waals surface area contributed by atoms with Crippen molar-refractivity contribution in [3.63, 3.8) is 0 Å². The van der Waals surface area contributed by atoms with Gasteiger partial charge in [0.1, 0.15) is 5.82 Å². The first kappa shape index (κ1) is 14.0. The number of nitrogens with one attached hydrogen (secondary N) is 1. The van der Waals surface area contributed by atoms with Crippen molar-refractivity contribution in [2.24, 2.45) is 0 Å². The molecule has 0 atom stereocenters. The molecule has 104 valence electrons. The van der Waals surface area contributed by atoms with Crippen LogP contribution in [-0.4, -0.2) is 16.5 Å². The van der Waals surface area contributed by atoms with Crippen LogP contribution in [0.5, 0.6) is 0 Å². The number of aryl methyl sites for hydroxylation is 2. The van der Waals surface area contributed by atoms with Crippen molar-refractivity contribution in [1.82, 2.24) is 4.98 Å². The second kappa shape index (κ2) is 5.69. The molecule has 1 heterocycles. The quantitative estimate of drug-likeness (QED) is 0.680. The molecule has 0 unspecified atom stereocenters. The summed E-state index contributed by atoms with van der Waals surface area (Å²) in [7, 11) is 0. The molecule has 2 aromatic rings. The molecule has 0 radical (unpaired) electrons. The summed E-state index contributed by atoms with van der Waals surface area (Å²) in [6.07, 6.45) is 0. The van der Waals surface area contributed by atoms with Crippen molar-refractivity contribution in [3.05, 3.63) is 51.6 Å². The van der Waals surface area contributed by atoms with Gasteiger partial charge >= 0.3 is 0 Å². The number of hydrogen-bond acceptors (Lipinski definition) is 4. The highest BCUT2D eigenvalue weighted by Gasteiger charge is 2.19. The van der Waals surface area contributed by atoms with Crippen LogP contribution in [0.3, 0.4) is 0 Å². The number of nitrogens with zero attached hydrogens (tertiary/aromatic N) is 2. The van der Waals surface area contributed by atoms with Gasteiger partial charge in [-0.25, -0.2) is 4.98 Å². The Morgan fingerprint density at radius 3 is 2.60 bits per heavy atom. The van der Waals surface area contributed by atoms with Crippen molar-refractivity contribution in [1.29, 1.82) is 0 Å². The highest BCUT2D eigenvalue weighted by molar-refractivity contribution is 5.74. The molecule has 0 saturated carbocycles. The number of aromatic nitrogens is 1. The summed E-state index contributed by atoms with van der Waals surface area (Å²) in [5, 5.41) is 14.3. The Bertz CT molecular complexity index is 654. The highest BCUT2D eigenvalue weighted by Crippen LogP contribution is 2.31. The topological polar surface area (TPSA) is 68.1 Å². The molecule has 0 amide bonds. The zero-order valence-electron chi connectivity index (χ0n) is 11.8. The normalized spacial score (nSPS) is 10.3. The van der Waals surface area contributed by atoms with Crippen molar-refractivity contribution in [2.75, 3.05) is 11.9 Å². The van der Waals surface area contributed by atoms with E-state index in [9.17, 15) is 10.1 Å². The van der Waals surface area contributed by atoms with E-state index in [1.807, 2.05) is 39.0 Å². The molecule has 2 rings (SSSR count). The zero-order chi connectivity index (χ0) is 14.7. The van der Waals surface area contributed by atoms with E-state index in [4.69, 9.17) is 0 Å². The third-order valence-corrected chi connectivity index (χ3v) is 3.07. The number of benzene rings is 1. The number of hydrogen-bond donors (Lipinski definition) is 1. The van der Waals surface area contributed by atoms with Gasteiger partial charge in [-0.1, -0.05) is 23.8 Å². The minimum atomic E-state index is -0.392. The van der Waals surface area contributed by atoms with Gasteiger partial charge in [0.05, 0.1) is 4.92 Å². The minimum absolute atomic E-state index is 0.0265. The molecule has 0 saturated heterocycles. The SMILES string of the molecule is CCNc1ccc([N+](=O)[O-])c(-c2ccc(C)cc2C)n1. The lowest BCUT2D eigenvalue weighted by molar-refractivity contribution is -0.384. The molecule has 1 aromatic heterocycles. The van der Waals surface area contributed by atoms with Gasteiger partial charge in [-0.05, 0) is 32.4 Å². The minimum Gasteiger partial charge on any atom is -0.370 e. The molecule has 0 spiro atoms. The van der Waals surface area contributed by atoms with Gasteiger partial charge in [-0.3, -0.25) is 10.1 Å². The number of rotatable bonds is 4. The van der Waals surface area contributed by atoms with E-state index in [1.165, 1.54) is 6.07 Å². The van der Waals surface area contributed by atoms with Crippen LogP contribution in [0.25, 0.3) is 11.3 Å². The Labute approximate surface area is 117 Å². The molecule has 0 bridgehead atoms. The van der Waals surface area contributed by atoms with Crippen molar-refractivity contribution >= 4 is 11.5 Å². The summed E-state index contributed by atoms with van der Waals surface area (Å²) >= 11 is 0. The Balaban J connectivity index is 2.62. The highest BCUT2D eigenvalue weighted by atomic mass is 16.6. The molecule has 5 heteroatoms. The fourth-order valence-electron chi connectivity index (χ4n) is 2.16. The van der Waals surface area contributed by atoms with Crippen LogP contribution >= 0.6 is 0 Å². The first-order valence-electron chi connectivity index (χ1n) is 6.50. The van der Waals surface area contributed by atoms with Crippen molar-refractivity contribution in [2.45, 2.75) is 20.8 Å². The van der Waals surface area contributed by atoms with E-state index in [2.05, 4.69) is 10.3 Å². The van der Waals surface area contributed by atoms with Crippen LogP contribution in [0.2, 0.25) is 0 Å². The van der Waals surface area contributed by atoms with Crippen molar-refractivity contribution < 1.29 is 4.92 Å². The molecule has 5 nitrogen and oxygen atoms in total. The number of nitro groups is 1. The monoisotopic (exact) mass is 271 g/mol. The molecular formula is C15H17N3O2. The van der Waals surface area contributed by atoms with Crippen LogP contribution in [0.15, 0.2) is 30.3 Å². The van der Waals surface area contributed by atoms with Gasteiger partial charge in [0, 0.05) is 18.2 Å². The molecule has 0 aliphatic rings. The van der Waals surface area contributed by atoms with Gasteiger partial charge in [-0.2, -0.15) is 0 Å². The van der Waals surface area contributed by atoms with Gasteiger partial charge in [0.15, 0.2) is 5.69 Å². The van der Waals surface area contributed by atoms with Gasteiger partial charge in [-0.15, -0.1) is 0 Å². The summed E-state index contributed by atoms with van der Waals surface area (Å²) in [4.78, 5) is 15.2. The Kier molecular flexibility index (Phi) is 3.98. The van der Waals surface area contributed by atoms with E-state index in [0.717, 1.165) is 23.2 Å². The van der Waals surface area contributed by atoms with E-state index < -0.39 is 4.92 Å². The lowest BCUT2D eigenvalue weighted by Gasteiger charge is -2.09. The second-order valence-corrected chi connectivity index (χ2v) is 4.67. The molecule has 1 N–H and O–H groups in total. The Hall–Kier alpha value is -2.43. The van der Waals surface area contributed by atoms with Crippen molar-refractivity contribution in [3.8, 4) is 11.3 Å². The van der Waals surface area contributed by atoms with E-state index in [0.29, 0.717) is 11.5 Å². The molecule has 20 heavy (non-hydrogen) atoms. The van der Waals surface area contributed by atoms with E-state index in [-0.39, 0.29) is 5.69 Å². The Morgan fingerprint density at radius 1 is 1.25 bits per heavy atom. The molecule has 1 aromatic carbocycles. The summed E-state index contributed by atoms with van der Waals surface area (Å²) in [6, 6.07) is 8.96. The van der Waals surface area contributed by atoms with Crippen LogP contribution < -0.4 is 5.32 Å². The fraction of sp³-hybridized carbons (Fsp3) is 0.267. The summed E-state index contributed by atoms with van der Waals surface area (Å²) in [5.74, 6) is 0.646. The predicted molar refractivity (Wildman–Crippen MR) is 80.0 cm³/mol. The summed E-state index contributed by atoms with van der Waals surface area (Å²) < 4.78 is 0. The first-order valence-corrected chi connectivity index (χ1v) is 6.50. The lowest BCUT2D eigenvalue weighted by Crippen LogP contribution is -2.02. The third-order valence-electron chi connectivity index (χ3n) is 3.07. The maximum atomic E-state index is 11.2. The van der Waals surface area contributed by atoms with E-state index in [1.54, 1.807) is 6.07 Å². The number of anilines is 1. The summed E-state index contributed by atoms with van der Waals surface area (Å²) in [5.41, 5.74) is 3.33. The van der Waals surface area contributed by atoms with Gasteiger partial charge < -0.3 is 5.32 Å². The molecule has 0 fully saturated rings. The van der Waals surface area contributed by atoms with Gasteiger partial charge in [0.25, 0.3) is 5.69 Å². The maximum Gasteiger partial charge on any atom is 0.295 e. The standard InChI is InChI=1S/C15H17N3O2/c1-4-16-14-8-7-13(18(19)20)15(17-14)12-6-5-10(2)9-11(12)3/h5-9H,4H2,1-3H3,(H,16,17). The molecular weight excluding hydrogens is 254 g/mol. The van der Waals surface area contributed by atoms with Crippen LogP contribution in [0, 0.1) is 24.0 Å². The fourth-order valence-corrected chi connectivity index (χ4v) is 2.16. The predicted octanol–water partition coefficient (Wildman–Crippen LogP) is 3.71. The first-order chi connectivity index (χ1) is 9.52. The molecule has 0 aliphatic carbocycles. The number of pyridine rings is 1. The average Bonchev–Trinajstić information content (AvgIpc) is 2.38. The summed E-state index contributed by atoms with van der Waals surface area (Å²) in [6.45, 7) is 6.61.